The molecule has 0 aliphatic heterocycles. The number of azide groups is 1. The minimum Gasteiger partial charge on any atom is -0.102 e. The molecule has 0 amide bonds. The van der Waals surface area contributed by atoms with Crippen molar-refractivity contribution >= 4 is 0 Å². The molecule has 0 aliphatic carbocycles. The van der Waals surface area contributed by atoms with E-state index < -0.39 is 0 Å². The van der Waals surface area contributed by atoms with Crippen LogP contribution >= 0.6 is 0 Å². The Bertz CT molecular complexity index is 454. The van der Waals surface area contributed by atoms with Gasteiger partial charge in [0, 0.05) is 16.7 Å². The third-order valence-electron chi connectivity index (χ3n) is 2.13. The molecule has 0 saturated heterocycles. The number of rotatable bonds is 3. The van der Waals surface area contributed by atoms with Crippen molar-refractivity contribution in [1.29, 1.82) is 0 Å². The second kappa shape index (κ2) is 5.98. The molecular formula is C14H17N3. The molecule has 17 heavy (non-hydrogen) atoms. The summed E-state index contributed by atoms with van der Waals surface area (Å²) >= 11 is 0. The normalized spacial score (nSPS) is 11.9. The highest BCUT2D eigenvalue weighted by Gasteiger charge is 2.08. The smallest absolute Gasteiger partial charge is 0.0734 e. The summed E-state index contributed by atoms with van der Waals surface area (Å²) in [6, 6.07) is 9.53. The molecule has 88 valence electrons. The lowest BCUT2D eigenvalue weighted by Crippen LogP contribution is -2.00. The maximum atomic E-state index is 8.57. The Labute approximate surface area is 102 Å². The van der Waals surface area contributed by atoms with Crippen molar-refractivity contribution in [1.82, 2.24) is 0 Å². The molecule has 0 radical (unpaired) electrons. The standard InChI is InChI=1S/C14H17N3/c1-14(2,3)11-7-10-13(16-17-15)12-8-5-4-6-9-12/h4-6,8-9,13H,10H2,1-3H3. The molecule has 0 N–H and O–H groups in total. The molecule has 1 atom stereocenters. The Hall–Kier alpha value is -1.91. The second-order valence-corrected chi connectivity index (χ2v) is 4.89. The van der Waals surface area contributed by atoms with Crippen LogP contribution in [0.2, 0.25) is 0 Å². The van der Waals surface area contributed by atoms with Crippen LogP contribution in [0.15, 0.2) is 35.4 Å². The summed E-state index contributed by atoms with van der Waals surface area (Å²) in [5.74, 6) is 6.24. The van der Waals surface area contributed by atoms with Crippen molar-refractivity contribution in [2.75, 3.05) is 0 Å². The highest BCUT2D eigenvalue weighted by atomic mass is 15.1. The third-order valence-corrected chi connectivity index (χ3v) is 2.13. The van der Waals surface area contributed by atoms with Crippen LogP contribution in [-0.4, -0.2) is 0 Å². The van der Waals surface area contributed by atoms with Crippen molar-refractivity contribution in [3.8, 4) is 11.8 Å². The molecular weight excluding hydrogens is 210 g/mol. The van der Waals surface area contributed by atoms with E-state index in [1.54, 1.807) is 0 Å². The summed E-state index contributed by atoms with van der Waals surface area (Å²) in [7, 11) is 0. The predicted octanol–water partition coefficient (Wildman–Crippen LogP) is 4.48. The molecule has 0 saturated carbocycles. The zero-order valence-corrected chi connectivity index (χ0v) is 10.5. The lowest BCUT2D eigenvalue weighted by molar-refractivity contribution is 0.569. The Morgan fingerprint density at radius 1 is 1.29 bits per heavy atom. The fraction of sp³-hybridized carbons (Fsp3) is 0.429. The van der Waals surface area contributed by atoms with Crippen LogP contribution in [0.5, 0.6) is 0 Å². The van der Waals surface area contributed by atoms with Gasteiger partial charge in [0.05, 0.1) is 6.04 Å². The summed E-state index contributed by atoms with van der Waals surface area (Å²) in [5, 5.41) is 3.79. The molecule has 0 aliphatic rings. The SMILES string of the molecule is CC(C)(C)C#CCC(N=[N+]=[N-])c1ccccc1. The first-order valence-electron chi connectivity index (χ1n) is 5.62. The van der Waals surface area contributed by atoms with Gasteiger partial charge in [0.15, 0.2) is 0 Å². The van der Waals surface area contributed by atoms with E-state index in [4.69, 9.17) is 5.53 Å². The third kappa shape index (κ3) is 5.10. The topological polar surface area (TPSA) is 48.8 Å². The van der Waals surface area contributed by atoms with Crippen LogP contribution in [0.3, 0.4) is 0 Å². The van der Waals surface area contributed by atoms with Gasteiger partial charge in [-0.1, -0.05) is 41.4 Å². The molecule has 0 heterocycles. The molecule has 1 unspecified atom stereocenters. The molecule has 0 fully saturated rings. The molecule has 0 bridgehead atoms. The number of nitrogens with zero attached hydrogens (tertiary/aromatic N) is 3. The van der Waals surface area contributed by atoms with E-state index in [1.165, 1.54) is 0 Å². The Kier molecular flexibility index (Phi) is 4.63. The first-order valence-corrected chi connectivity index (χ1v) is 5.62. The minimum atomic E-state index is -0.198. The van der Waals surface area contributed by atoms with E-state index in [0.717, 1.165) is 5.56 Å². The zero-order chi connectivity index (χ0) is 12.7. The average molecular weight is 227 g/mol. The Morgan fingerprint density at radius 3 is 2.47 bits per heavy atom. The van der Waals surface area contributed by atoms with E-state index in [9.17, 15) is 0 Å². The van der Waals surface area contributed by atoms with Gasteiger partial charge < -0.3 is 0 Å². The molecule has 3 nitrogen and oxygen atoms in total. The van der Waals surface area contributed by atoms with Gasteiger partial charge in [-0.05, 0) is 31.9 Å². The van der Waals surface area contributed by atoms with Crippen LogP contribution < -0.4 is 0 Å². The van der Waals surface area contributed by atoms with E-state index >= 15 is 0 Å². The van der Waals surface area contributed by atoms with Gasteiger partial charge in [-0.3, -0.25) is 0 Å². The molecule has 1 aromatic carbocycles. The maximum absolute atomic E-state index is 8.57. The lowest BCUT2D eigenvalue weighted by atomic mass is 9.97. The first-order chi connectivity index (χ1) is 8.03. The van der Waals surface area contributed by atoms with Crippen molar-refractivity contribution in [2.24, 2.45) is 10.5 Å². The quantitative estimate of drug-likeness (QED) is 0.316. The molecule has 1 aromatic rings. The van der Waals surface area contributed by atoms with Gasteiger partial charge >= 0.3 is 0 Å². The zero-order valence-electron chi connectivity index (χ0n) is 10.5. The Balaban J connectivity index is 2.81. The van der Waals surface area contributed by atoms with E-state index in [-0.39, 0.29) is 11.5 Å². The minimum absolute atomic E-state index is 0.0163. The summed E-state index contributed by atoms with van der Waals surface area (Å²) in [6.07, 6.45) is 0.561. The summed E-state index contributed by atoms with van der Waals surface area (Å²) in [4.78, 5) is 2.88. The van der Waals surface area contributed by atoms with Crippen LogP contribution in [0.1, 0.15) is 38.8 Å². The van der Waals surface area contributed by atoms with Gasteiger partial charge in [0.2, 0.25) is 0 Å². The summed E-state index contributed by atoms with van der Waals surface area (Å²) in [5.41, 5.74) is 9.56. The van der Waals surface area contributed by atoms with Gasteiger partial charge in [-0.15, -0.1) is 5.92 Å². The maximum Gasteiger partial charge on any atom is 0.0734 e. The van der Waals surface area contributed by atoms with Crippen molar-refractivity contribution in [2.45, 2.75) is 33.2 Å². The van der Waals surface area contributed by atoms with Crippen LogP contribution in [0.25, 0.3) is 10.4 Å². The highest BCUT2D eigenvalue weighted by molar-refractivity contribution is 5.21. The average Bonchev–Trinajstić information content (AvgIpc) is 2.27. The molecule has 0 aromatic heterocycles. The number of hydrogen-bond donors (Lipinski definition) is 0. The fourth-order valence-electron chi connectivity index (χ4n) is 1.38. The lowest BCUT2D eigenvalue weighted by Gasteiger charge is -2.09. The first kappa shape index (κ1) is 13.2. The van der Waals surface area contributed by atoms with Gasteiger partial charge in [-0.2, -0.15) is 0 Å². The fourth-order valence-corrected chi connectivity index (χ4v) is 1.38. The van der Waals surface area contributed by atoms with Crippen LogP contribution in [0.4, 0.5) is 0 Å². The predicted molar refractivity (Wildman–Crippen MR) is 70.2 cm³/mol. The van der Waals surface area contributed by atoms with Gasteiger partial charge in [0.25, 0.3) is 0 Å². The van der Waals surface area contributed by atoms with Crippen molar-refractivity contribution < 1.29 is 0 Å². The van der Waals surface area contributed by atoms with Gasteiger partial charge in [0.1, 0.15) is 0 Å². The Morgan fingerprint density at radius 2 is 1.94 bits per heavy atom. The van der Waals surface area contributed by atoms with Crippen molar-refractivity contribution in [3.05, 3.63) is 46.3 Å². The van der Waals surface area contributed by atoms with E-state index in [0.29, 0.717) is 6.42 Å². The molecule has 0 spiro atoms. The number of benzene rings is 1. The van der Waals surface area contributed by atoms with Crippen LogP contribution in [-0.2, 0) is 0 Å². The molecule has 1 rings (SSSR count). The number of hydrogen-bond acceptors (Lipinski definition) is 1. The van der Waals surface area contributed by atoms with E-state index in [2.05, 4.69) is 42.6 Å². The summed E-state index contributed by atoms with van der Waals surface area (Å²) in [6.45, 7) is 6.18. The van der Waals surface area contributed by atoms with E-state index in [1.807, 2.05) is 30.3 Å². The largest absolute Gasteiger partial charge is 0.102 e. The highest BCUT2D eigenvalue weighted by Crippen LogP contribution is 2.21. The van der Waals surface area contributed by atoms with Crippen molar-refractivity contribution in [3.63, 3.8) is 0 Å². The monoisotopic (exact) mass is 227 g/mol. The second-order valence-electron chi connectivity index (χ2n) is 4.89. The molecule has 3 heteroatoms. The summed E-state index contributed by atoms with van der Waals surface area (Å²) < 4.78 is 0. The van der Waals surface area contributed by atoms with Crippen LogP contribution in [0, 0.1) is 17.3 Å². The van der Waals surface area contributed by atoms with Gasteiger partial charge in [-0.25, -0.2) is 0 Å².